The lowest BCUT2D eigenvalue weighted by Crippen LogP contribution is -2.53. The molecule has 0 radical (unpaired) electrons. The Morgan fingerprint density at radius 2 is 1.80 bits per heavy atom. The van der Waals surface area contributed by atoms with Crippen molar-refractivity contribution in [1.82, 2.24) is 20.5 Å². The molecule has 2 aromatic heterocycles. The Hall–Kier alpha value is -4.57. The van der Waals surface area contributed by atoms with Crippen LogP contribution < -0.4 is 20.3 Å². The lowest BCUT2D eigenvalue weighted by Gasteiger charge is -2.36. The molecule has 11 heteroatoms. The molecule has 1 fully saturated rings. The summed E-state index contributed by atoms with van der Waals surface area (Å²) in [6.07, 6.45) is 1.75. The summed E-state index contributed by atoms with van der Waals surface area (Å²) in [5, 5.41) is 6.62. The summed E-state index contributed by atoms with van der Waals surface area (Å²) in [6.45, 7) is 2.23. The van der Waals surface area contributed by atoms with E-state index in [9.17, 15) is 14.4 Å². The summed E-state index contributed by atoms with van der Waals surface area (Å²) in [5.41, 5.74) is 2.18. The van der Waals surface area contributed by atoms with Crippen LogP contribution in [0.5, 0.6) is 5.75 Å². The second kappa shape index (κ2) is 12.7. The molecule has 0 aliphatic carbocycles. The number of nitrogens with one attached hydrogen (secondary N) is 2. The van der Waals surface area contributed by atoms with Crippen molar-refractivity contribution in [3.63, 3.8) is 0 Å². The highest BCUT2D eigenvalue weighted by Crippen LogP contribution is 2.23. The van der Waals surface area contributed by atoms with Gasteiger partial charge in [-0.2, -0.15) is 0 Å². The predicted octanol–water partition coefficient (Wildman–Crippen LogP) is 3.30. The number of furan rings is 1. The number of anilines is 1. The van der Waals surface area contributed by atoms with Gasteiger partial charge in [0.15, 0.2) is 5.76 Å². The van der Waals surface area contributed by atoms with E-state index >= 15 is 0 Å². The molecular formula is C30H30ClN5O5. The second-order valence-corrected chi connectivity index (χ2v) is 10.1. The maximum atomic E-state index is 13.2. The molecule has 10 nitrogen and oxygen atoms in total. The standard InChI is InChI=1S/C30H30ClN5O5/c1-40-24-8-6-23(7-9-24)35-12-14-36(15-13-35)28(37)19-33-29(38)25(18-22-4-2-3-11-32-22)34-30(39)27-17-20-16-21(31)5-10-26(20)41-27/h2-11,16-17,25H,12-15,18-19H2,1H3,(H,33,38)(H,34,39)/t25-/m0/s1. The highest BCUT2D eigenvalue weighted by molar-refractivity contribution is 6.31. The molecule has 3 amide bonds. The first kappa shape index (κ1) is 28.0. The van der Waals surface area contributed by atoms with Crippen LogP contribution in [0.3, 0.4) is 0 Å². The zero-order valence-electron chi connectivity index (χ0n) is 22.5. The number of benzene rings is 2. The van der Waals surface area contributed by atoms with E-state index in [1.807, 2.05) is 24.3 Å². The summed E-state index contributed by atoms with van der Waals surface area (Å²) in [6, 6.07) is 18.8. The Kier molecular flexibility index (Phi) is 8.69. The van der Waals surface area contributed by atoms with Gasteiger partial charge in [0.1, 0.15) is 17.4 Å². The lowest BCUT2D eigenvalue weighted by molar-refractivity contribution is -0.133. The van der Waals surface area contributed by atoms with Crippen LogP contribution in [0.25, 0.3) is 11.0 Å². The molecule has 0 spiro atoms. The van der Waals surface area contributed by atoms with Crippen LogP contribution in [0, 0.1) is 0 Å². The van der Waals surface area contributed by atoms with Crippen molar-refractivity contribution in [3.8, 4) is 5.75 Å². The van der Waals surface area contributed by atoms with Gasteiger partial charge in [-0.25, -0.2) is 0 Å². The quantitative estimate of drug-likeness (QED) is 0.314. The van der Waals surface area contributed by atoms with Crippen molar-refractivity contribution in [2.24, 2.45) is 0 Å². The van der Waals surface area contributed by atoms with Gasteiger partial charge >= 0.3 is 0 Å². The number of hydrogen-bond acceptors (Lipinski definition) is 7. The van der Waals surface area contributed by atoms with Crippen molar-refractivity contribution in [2.75, 3.05) is 44.7 Å². The minimum absolute atomic E-state index is 0.0481. The van der Waals surface area contributed by atoms with Gasteiger partial charge in [-0.05, 0) is 60.7 Å². The van der Waals surface area contributed by atoms with E-state index in [4.69, 9.17) is 20.8 Å². The van der Waals surface area contributed by atoms with Gasteiger partial charge in [0, 0.05) is 60.6 Å². The van der Waals surface area contributed by atoms with Gasteiger partial charge in [-0.3, -0.25) is 19.4 Å². The molecule has 0 unspecified atom stereocenters. The third-order valence-corrected chi connectivity index (χ3v) is 7.18. The van der Waals surface area contributed by atoms with Crippen molar-refractivity contribution in [3.05, 3.63) is 89.4 Å². The molecule has 3 heterocycles. The third kappa shape index (κ3) is 6.96. The predicted molar refractivity (Wildman–Crippen MR) is 155 cm³/mol. The van der Waals surface area contributed by atoms with Crippen LogP contribution in [-0.4, -0.2) is 73.5 Å². The molecule has 1 aliphatic rings. The molecule has 5 rings (SSSR count). The molecule has 1 atom stereocenters. The fourth-order valence-electron chi connectivity index (χ4n) is 4.70. The van der Waals surface area contributed by atoms with E-state index in [1.165, 1.54) is 0 Å². The smallest absolute Gasteiger partial charge is 0.287 e. The summed E-state index contributed by atoms with van der Waals surface area (Å²) in [4.78, 5) is 47.4. The molecule has 1 saturated heterocycles. The molecule has 2 N–H and O–H groups in total. The van der Waals surface area contributed by atoms with Gasteiger partial charge < -0.3 is 29.6 Å². The van der Waals surface area contributed by atoms with Crippen molar-refractivity contribution in [1.29, 1.82) is 0 Å². The highest BCUT2D eigenvalue weighted by atomic mass is 35.5. The highest BCUT2D eigenvalue weighted by Gasteiger charge is 2.26. The number of rotatable bonds is 9. The first-order valence-electron chi connectivity index (χ1n) is 13.2. The van der Waals surface area contributed by atoms with Crippen LogP contribution in [0.2, 0.25) is 5.02 Å². The van der Waals surface area contributed by atoms with Crippen LogP contribution >= 0.6 is 11.6 Å². The number of pyridine rings is 1. The van der Waals surface area contributed by atoms with Crippen LogP contribution in [0.1, 0.15) is 16.2 Å². The third-order valence-electron chi connectivity index (χ3n) is 6.95. The van der Waals surface area contributed by atoms with E-state index in [0.29, 0.717) is 47.9 Å². The van der Waals surface area contributed by atoms with E-state index in [2.05, 4.69) is 20.5 Å². The van der Waals surface area contributed by atoms with Gasteiger partial charge in [0.2, 0.25) is 11.8 Å². The maximum Gasteiger partial charge on any atom is 0.287 e. The summed E-state index contributed by atoms with van der Waals surface area (Å²) >= 11 is 6.05. The normalized spacial score (nSPS) is 14.0. The fraction of sp³-hybridized carbons (Fsp3) is 0.267. The van der Waals surface area contributed by atoms with Gasteiger partial charge in [0.05, 0.1) is 13.7 Å². The van der Waals surface area contributed by atoms with Gasteiger partial charge in [-0.15, -0.1) is 0 Å². The second-order valence-electron chi connectivity index (χ2n) is 9.63. The molecule has 0 saturated carbocycles. The molecule has 4 aromatic rings. The van der Waals surface area contributed by atoms with Crippen molar-refractivity contribution >= 4 is 46.0 Å². The monoisotopic (exact) mass is 575 g/mol. The number of amides is 3. The SMILES string of the molecule is COc1ccc(N2CCN(C(=O)CNC(=O)[C@H](Cc3ccccn3)NC(=O)c3cc4cc(Cl)ccc4o3)CC2)cc1. The average Bonchev–Trinajstić information content (AvgIpc) is 3.43. The number of fused-ring (bicyclic) bond motifs is 1. The first-order valence-corrected chi connectivity index (χ1v) is 13.6. The Morgan fingerprint density at radius 3 is 2.51 bits per heavy atom. The zero-order chi connectivity index (χ0) is 28.8. The van der Waals surface area contributed by atoms with E-state index < -0.39 is 17.9 Å². The molecule has 2 aromatic carbocycles. The largest absolute Gasteiger partial charge is 0.497 e. The Morgan fingerprint density at radius 1 is 1.02 bits per heavy atom. The van der Waals surface area contributed by atoms with Gasteiger partial charge in [0.25, 0.3) is 5.91 Å². The topological polar surface area (TPSA) is 117 Å². The number of carbonyl (C=O) groups is 3. The number of ether oxygens (including phenoxy) is 1. The molecule has 212 valence electrons. The van der Waals surface area contributed by atoms with E-state index in [0.717, 1.165) is 11.4 Å². The number of nitrogens with zero attached hydrogens (tertiary/aromatic N) is 3. The summed E-state index contributed by atoms with van der Waals surface area (Å²) < 4.78 is 10.9. The molecule has 0 bridgehead atoms. The van der Waals surface area contributed by atoms with E-state index in [-0.39, 0.29) is 24.6 Å². The Balaban J connectivity index is 1.19. The van der Waals surface area contributed by atoms with Crippen molar-refractivity contribution in [2.45, 2.75) is 12.5 Å². The average molecular weight is 576 g/mol. The first-order chi connectivity index (χ1) is 19.9. The summed E-state index contributed by atoms with van der Waals surface area (Å²) in [7, 11) is 1.63. The maximum absolute atomic E-state index is 13.2. The fourth-order valence-corrected chi connectivity index (χ4v) is 4.88. The summed E-state index contributed by atoms with van der Waals surface area (Å²) in [5.74, 6) is -0.405. The van der Waals surface area contributed by atoms with Crippen LogP contribution in [-0.2, 0) is 16.0 Å². The number of piperazine rings is 1. The number of methoxy groups -OCH3 is 1. The van der Waals surface area contributed by atoms with E-state index in [1.54, 1.807) is 60.7 Å². The minimum Gasteiger partial charge on any atom is -0.497 e. The number of halogens is 1. The molecule has 41 heavy (non-hydrogen) atoms. The van der Waals surface area contributed by atoms with Gasteiger partial charge in [-0.1, -0.05) is 17.7 Å². The number of aromatic nitrogens is 1. The Bertz CT molecular complexity index is 1520. The minimum atomic E-state index is -0.978. The lowest BCUT2D eigenvalue weighted by atomic mass is 10.1. The zero-order valence-corrected chi connectivity index (χ0v) is 23.3. The van der Waals surface area contributed by atoms with Crippen LogP contribution in [0.15, 0.2) is 77.3 Å². The van der Waals surface area contributed by atoms with Crippen LogP contribution in [0.4, 0.5) is 5.69 Å². The number of hydrogen-bond donors (Lipinski definition) is 2. The molecule has 1 aliphatic heterocycles. The molecular weight excluding hydrogens is 546 g/mol. The number of carbonyl (C=O) groups excluding carboxylic acids is 3. The Labute approximate surface area is 242 Å². The van der Waals surface area contributed by atoms with Crippen molar-refractivity contribution < 1.29 is 23.5 Å².